The van der Waals surface area contributed by atoms with Crippen molar-refractivity contribution in [2.45, 2.75) is 46.1 Å². The standard InChI is InChI=1S/C19H22ClN5O2/c1-4-16(13-5-7-14(20)8-6-13)23-17(26)10-9-15-11(2)21-19-22-12(3)24-25(19)18(15)27/h5-8,16H,4,9-10H2,1-3H3,(H,23,26)(H,21,22,24). The molecule has 7 nitrogen and oxygen atoms in total. The van der Waals surface area contributed by atoms with Crippen molar-refractivity contribution >= 4 is 23.3 Å². The van der Waals surface area contributed by atoms with Gasteiger partial charge in [0.25, 0.3) is 11.3 Å². The number of fused-ring (bicyclic) bond motifs is 1. The van der Waals surface area contributed by atoms with Crippen molar-refractivity contribution in [2.75, 3.05) is 0 Å². The Morgan fingerprint density at radius 3 is 2.63 bits per heavy atom. The lowest BCUT2D eigenvalue weighted by Crippen LogP contribution is -2.29. The predicted octanol–water partition coefficient (Wildman–Crippen LogP) is 2.89. The average molecular weight is 388 g/mol. The molecule has 0 aliphatic carbocycles. The molecule has 27 heavy (non-hydrogen) atoms. The van der Waals surface area contributed by atoms with Crippen LogP contribution in [0.5, 0.6) is 0 Å². The fraction of sp³-hybridized carbons (Fsp3) is 0.368. The Hall–Kier alpha value is -2.67. The average Bonchev–Trinajstić information content (AvgIpc) is 3.00. The van der Waals surface area contributed by atoms with E-state index >= 15 is 0 Å². The molecule has 2 heterocycles. The van der Waals surface area contributed by atoms with Gasteiger partial charge in [-0.2, -0.15) is 9.50 Å². The smallest absolute Gasteiger partial charge is 0.277 e. The molecular formula is C19H22ClN5O2. The van der Waals surface area contributed by atoms with Crippen molar-refractivity contribution in [1.29, 1.82) is 0 Å². The summed E-state index contributed by atoms with van der Waals surface area (Å²) in [6.45, 7) is 5.54. The first-order chi connectivity index (χ1) is 12.9. The SMILES string of the molecule is CCC(NC(=O)CCc1c(C)nc2nc(C)[nH]n2c1=O)c1ccc(Cl)cc1. The molecule has 2 N–H and O–H groups in total. The lowest BCUT2D eigenvalue weighted by molar-refractivity contribution is -0.121. The summed E-state index contributed by atoms with van der Waals surface area (Å²) >= 11 is 5.92. The molecule has 0 bridgehead atoms. The zero-order valence-corrected chi connectivity index (χ0v) is 16.3. The molecule has 0 saturated carbocycles. The molecule has 1 atom stereocenters. The fourth-order valence-corrected chi connectivity index (χ4v) is 3.20. The number of aromatic amines is 1. The number of hydrogen-bond acceptors (Lipinski definition) is 4. The van der Waals surface area contributed by atoms with Crippen LogP contribution in [-0.2, 0) is 11.2 Å². The first kappa shape index (κ1) is 19.1. The molecule has 0 aliphatic heterocycles. The Labute approximate surface area is 161 Å². The van der Waals surface area contributed by atoms with Crippen molar-refractivity contribution in [3.8, 4) is 0 Å². The van der Waals surface area contributed by atoms with E-state index in [-0.39, 0.29) is 23.9 Å². The maximum atomic E-state index is 12.6. The van der Waals surface area contributed by atoms with Gasteiger partial charge in [0.2, 0.25) is 5.91 Å². The highest BCUT2D eigenvalue weighted by molar-refractivity contribution is 6.30. The van der Waals surface area contributed by atoms with Crippen LogP contribution in [0.15, 0.2) is 29.1 Å². The third kappa shape index (κ3) is 4.19. The Kier molecular flexibility index (Phi) is 5.60. The van der Waals surface area contributed by atoms with Crippen LogP contribution in [0.1, 0.15) is 48.5 Å². The number of aryl methyl sites for hydroxylation is 2. The third-order valence-corrected chi connectivity index (χ3v) is 4.78. The van der Waals surface area contributed by atoms with E-state index in [2.05, 4.69) is 20.4 Å². The quantitative estimate of drug-likeness (QED) is 0.680. The monoisotopic (exact) mass is 387 g/mol. The van der Waals surface area contributed by atoms with Crippen molar-refractivity contribution < 1.29 is 4.79 Å². The molecule has 1 unspecified atom stereocenters. The van der Waals surface area contributed by atoms with E-state index in [1.54, 1.807) is 13.8 Å². The van der Waals surface area contributed by atoms with Crippen LogP contribution in [0.4, 0.5) is 0 Å². The summed E-state index contributed by atoms with van der Waals surface area (Å²) in [5.41, 5.74) is 1.91. The lowest BCUT2D eigenvalue weighted by Gasteiger charge is -2.17. The van der Waals surface area contributed by atoms with E-state index in [4.69, 9.17) is 11.6 Å². The number of H-pyrrole nitrogens is 1. The fourth-order valence-electron chi connectivity index (χ4n) is 3.07. The van der Waals surface area contributed by atoms with Gasteiger partial charge >= 0.3 is 0 Å². The minimum Gasteiger partial charge on any atom is -0.349 e. The molecule has 142 valence electrons. The van der Waals surface area contributed by atoms with E-state index in [1.165, 1.54) is 4.52 Å². The zero-order chi connectivity index (χ0) is 19.6. The predicted molar refractivity (Wildman–Crippen MR) is 104 cm³/mol. The van der Waals surface area contributed by atoms with Crippen molar-refractivity contribution in [3.63, 3.8) is 0 Å². The van der Waals surface area contributed by atoms with Crippen LogP contribution in [0.25, 0.3) is 5.78 Å². The van der Waals surface area contributed by atoms with Crippen LogP contribution in [0, 0.1) is 13.8 Å². The summed E-state index contributed by atoms with van der Waals surface area (Å²) in [7, 11) is 0. The van der Waals surface area contributed by atoms with Crippen LogP contribution >= 0.6 is 11.6 Å². The molecule has 0 fully saturated rings. The van der Waals surface area contributed by atoms with E-state index in [0.717, 1.165) is 12.0 Å². The van der Waals surface area contributed by atoms with Gasteiger partial charge in [-0.05, 0) is 44.4 Å². The van der Waals surface area contributed by atoms with Crippen molar-refractivity contribution in [3.05, 3.63) is 62.3 Å². The molecule has 8 heteroatoms. The van der Waals surface area contributed by atoms with Crippen LogP contribution in [0.3, 0.4) is 0 Å². The minimum absolute atomic E-state index is 0.0900. The number of carbonyl (C=O) groups excluding carboxylic acids is 1. The second-order valence-electron chi connectivity index (χ2n) is 6.51. The first-order valence-electron chi connectivity index (χ1n) is 8.88. The maximum Gasteiger partial charge on any atom is 0.277 e. The molecule has 0 aliphatic rings. The molecule has 3 aromatic rings. The summed E-state index contributed by atoms with van der Waals surface area (Å²) in [5.74, 6) is 0.848. The Morgan fingerprint density at radius 1 is 1.26 bits per heavy atom. The highest BCUT2D eigenvalue weighted by Crippen LogP contribution is 2.19. The summed E-state index contributed by atoms with van der Waals surface area (Å²) in [6.07, 6.45) is 1.29. The number of benzene rings is 1. The van der Waals surface area contributed by atoms with Gasteiger partial charge in [0.15, 0.2) is 0 Å². The Balaban J connectivity index is 1.71. The van der Waals surface area contributed by atoms with E-state index in [1.807, 2.05) is 31.2 Å². The number of halogens is 1. The normalized spacial score (nSPS) is 12.3. The van der Waals surface area contributed by atoms with Gasteiger partial charge in [-0.15, -0.1) is 0 Å². The van der Waals surface area contributed by atoms with E-state index in [0.29, 0.717) is 34.3 Å². The largest absolute Gasteiger partial charge is 0.349 e. The number of hydrogen-bond donors (Lipinski definition) is 2. The van der Waals surface area contributed by atoms with Gasteiger partial charge in [-0.1, -0.05) is 30.7 Å². The number of rotatable bonds is 6. The van der Waals surface area contributed by atoms with E-state index in [9.17, 15) is 9.59 Å². The number of aromatic nitrogens is 4. The Morgan fingerprint density at radius 2 is 1.96 bits per heavy atom. The topological polar surface area (TPSA) is 92.2 Å². The number of amides is 1. The molecule has 3 rings (SSSR count). The number of nitrogens with zero attached hydrogens (tertiary/aromatic N) is 3. The zero-order valence-electron chi connectivity index (χ0n) is 15.5. The minimum atomic E-state index is -0.212. The van der Waals surface area contributed by atoms with Crippen molar-refractivity contribution in [1.82, 2.24) is 24.9 Å². The van der Waals surface area contributed by atoms with Gasteiger partial charge in [-0.25, -0.2) is 4.98 Å². The van der Waals surface area contributed by atoms with Crippen LogP contribution < -0.4 is 10.9 Å². The van der Waals surface area contributed by atoms with Gasteiger partial charge in [0.05, 0.1) is 11.7 Å². The third-order valence-electron chi connectivity index (χ3n) is 4.52. The lowest BCUT2D eigenvalue weighted by atomic mass is 10.0. The summed E-state index contributed by atoms with van der Waals surface area (Å²) in [4.78, 5) is 33.6. The number of carbonyl (C=O) groups is 1. The highest BCUT2D eigenvalue weighted by Gasteiger charge is 2.16. The summed E-state index contributed by atoms with van der Waals surface area (Å²) < 4.78 is 1.32. The number of nitrogens with one attached hydrogen (secondary N) is 2. The van der Waals surface area contributed by atoms with Gasteiger partial charge in [-0.3, -0.25) is 14.7 Å². The molecule has 1 amide bonds. The molecule has 0 radical (unpaired) electrons. The second kappa shape index (κ2) is 7.92. The molecule has 0 spiro atoms. The molecular weight excluding hydrogens is 366 g/mol. The summed E-state index contributed by atoms with van der Waals surface area (Å²) in [6, 6.07) is 7.34. The van der Waals surface area contributed by atoms with Crippen molar-refractivity contribution in [2.24, 2.45) is 0 Å². The molecule has 0 saturated heterocycles. The highest BCUT2D eigenvalue weighted by atomic mass is 35.5. The van der Waals surface area contributed by atoms with Crippen LogP contribution in [-0.4, -0.2) is 25.5 Å². The summed E-state index contributed by atoms with van der Waals surface area (Å²) in [5, 5.41) is 6.55. The first-order valence-corrected chi connectivity index (χ1v) is 9.26. The Bertz CT molecular complexity index is 1020. The molecule has 2 aromatic heterocycles. The second-order valence-corrected chi connectivity index (χ2v) is 6.94. The van der Waals surface area contributed by atoms with Gasteiger partial charge in [0.1, 0.15) is 5.82 Å². The molecule has 1 aromatic carbocycles. The van der Waals surface area contributed by atoms with Crippen LogP contribution in [0.2, 0.25) is 5.02 Å². The maximum absolute atomic E-state index is 12.6. The van der Waals surface area contributed by atoms with Gasteiger partial charge in [0, 0.05) is 17.0 Å². The van der Waals surface area contributed by atoms with Gasteiger partial charge < -0.3 is 5.32 Å². The van der Waals surface area contributed by atoms with E-state index < -0.39 is 0 Å².